The van der Waals surface area contributed by atoms with Crippen LogP contribution in [0.3, 0.4) is 0 Å². The second-order valence-corrected chi connectivity index (χ2v) is 10.3. The maximum atomic E-state index is 12.5. The van der Waals surface area contributed by atoms with Crippen LogP contribution in [-0.2, 0) is 13.1 Å². The lowest BCUT2D eigenvalue weighted by Gasteiger charge is -2.35. The van der Waals surface area contributed by atoms with Crippen LogP contribution >= 0.6 is 0 Å². The van der Waals surface area contributed by atoms with E-state index in [-0.39, 0.29) is 11.4 Å². The largest absolute Gasteiger partial charge is 0.455 e. The number of furan rings is 1. The van der Waals surface area contributed by atoms with E-state index in [0.717, 1.165) is 25.3 Å². The van der Waals surface area contributed by atoms with Crippen LogP contribution in [0.5, 0.6) is 0 Å². The molecule has 0 saturated carbocycles. The summed E-state index contributed by atoms with van der Waals surface area (Å²) in [5, 5.41) is 3.02. The van der Waals surface area contributed by atoms with Gasteiger partial charge in [-0.1, -0.05) is 36.2 Å². The van der Waals surface area contributed by atoms with Gasteiger partial charge in [-0.2, -0.15) is 0 Å². The Hall–Kier alpha value is -2.11. The van der Waals surface area contributed by atoms with Gasteiger partial charge >= 0.3 is 0 Å². The zero-order valence-corrected chi connectivity index (χ0v) is 20.6. The first-order valence-electron chi connectivity index (χ1n) is 12.1. The number of benzene rings is 1. The minimum Gasteiger partial charge on any atom is -0.455 e. The van der Waals surface area contributed by atoms with Crippen molar-refractivity contribution >= 4 is 5.91 Å². The fourth-order valence-corrected chi connectivity index (χ4v) is 4.28. The van der Waals surface area contributed by atoms with Gasteiger partial charge in [-0.05, 0) is 78.1 Å². The van der Waals surface area contributed by atoms with Crippen LogP contribution in [0.2, 0.25) is 0 Å². The number of rotatable bonds is 9. The first-order valence-corrected chi connectivity index (χ1v) is 12.1. The zero-order chi connectivity index (χ0) is 23.1. The van der Waals surface area contributed by atoms with Crippen molar-refractivity contribution in [3.8, 4) is 0 Å². The summed E-state index contributed by atoms with van der Waals surface area (Å²) in [6, 6.07) is 13.1. The maximum absolute atomic E-state index is 12.5. The van der Waals surface area contributed by atoms with Gasteiger partial charge in [0.05, 0.1) is 6.54 Å². The van der Waals surface area contributed by atoms with Crippen LogP contribution in [0.4, 0.5) is 0 Å². The topological polar surface area (TPSA) is 48.7 Å². The maximum Gasteiger partial charge on any atom is 0.286 e. The highest BCUT2D eigenvalue weighted by atomic mass is 16.4. The average molecular weight is 440 g/mol. The molecule has 1 N–H and O–H groups in total. The summed E-state index contributed by atoms with van der Waals surface area (Å²) in [4.78, 5) is 17.5. The van der Waals surface area contributed by atoms with E-state index in [1.54, 1.807) is 6.07 Å². The summed E-state index contributed by atoms with van der Waals surface area (Å²) >= 11 is 0. The van der Waals surface area contributed by atoms with Crippen molar-refractivity contribution < 1.29 is 9.21 Å². The number of likely N-dealkylation sites (tertiary alicyclic amines) is 1. The first-order chi connectivity index (χ1) is 15.2. The third-order valence-electron chi connectivity index (χ3n) is 6.52. The number of hydrogen-bond donors (Lipinski definition) is 1. The number of aryl methyl sites for hydroxylation is 1. The summed E-state index contributed by atoms with van der Waals surface area (Å²) in [6.45, 7) is 15.4. The first kappa shape index (κ1) is 24.5. The van der Waals surface area contributed by atoms with Crippen molar-refractivity contribution in [2.75, 3.05) is 19.6 Å². The molecule has 1 aliphatic rings. The summed E-state index contributed by atoms with van der Waals surface area (Å²) in [5.74, 6) is 1.10. The lowest BCUT2D eigenvalue weighted by molar-refractivity contribution is 0.0902. The Balaban J connectivity index is 1.50. The number of carbonyl (C=O) groups excluding carboxylic acids is 1. The molecule has 1 amide bonds. The van der Waals surface area contributed by atoms with Gasteiger partial charge in [0, 0.05) is 31.2 Å². The summed E-state index contributed by atoms with van der Waals surface area (Å²) in [7, 11) is 0. The Bertz CT molecular complexity index is 851. The number of piperidine rings is 1. The molecule has 1 aromatic carbocycles. The standard InChI is InChI=1S/C27H41N3O2/c1-21-10-12-23(13-11-21)19-30(27(3,4)5)20-24-14-15-25(32-24)26(31)28-16-8-18-29-17-7-6-9-22(29)2/h10-15,22H,6-9,16-20H2,1-5H3,(H,28,31)/t22-/m0/s1. The van der Waals surface area contributed by atoms with Crippen molar-refractivity contribution in [2.24, 2.45) is 0 Å². The molecule has 0 aliphatic carbocycles. The number of hydrogen-bond acceptors (Lipinski definition) is 4. The minimum absolute atomic E-state index is 0.0221. The lowest BCUT2D eigenvalue weighted by Crippen LogP contribution is -2.40. The van der Waals surface area contributed by atoms with Gasteiger partial charge in [-0.25, -0.2) is 0 Å². The number of carbonyl (C=O) groups is 1. The highest BCUT2D eigenvalue weighted by molar-refractivity contribution is 5.91. The van der Waals surface area contributed by atoms with Crippen LogP contribution < -0.4 is 5.32 Å². The van der Waals surface area contributed by atoms with E-state index in [1.807, 2.05) is 6.07 Å². The van der Waals surface area contributed by atoms with Gasteiger partial charge in [-0.15, -0.1) is 0 Å². The van der Waals surface area contributed by atoms with Gasteiger partial charge in [-0.3, -0.25) is 9.69 Å². The molecule has 2 heterocycles. The Morgan fingerprint density at radius 1 is 1.12 bits per heavy atom. The lowest BCUT2D eigenvalue weighted by atomic mass is 10.0. The molecule has 1 aromatic heterocycles. The molecular weight excluding hydrogens is 398 g/mol. The molecule has 5 nitrogen and oxygen atoms in total. The van der Waals surface area contributed by atoms with Crippen LogP contribution in [0.15, 0.2) is 40.8 Å². The van der Waals surface area contributed by atoms with Gasteiger partial charge < -0.3 is 14.6 Å². The van der Waals surface area contributed by atoms with Crippen molar-refractivity contribution in [3.05, 3.63) is 59.0 Å². The fraction of sp³-hybridized carbons (Fsp3) is 0.593. The van der Waals surface area contributed by atoms with Crippen LogP contribution in [0, 0.1) is 6.92 Å². The molecule has 0 radical (unpaired) electrons. The van der Waals surface area contributed by atoms with Crippen molar-refractivity contribution in [3.63, 3.8) is 0 Å². The number of amides is 1. The smallest absolute Gasteiger partial charge is 0.286 e. The van der Waals surface area contributed by atoms with Crippen molar-refractivity contribution in [1.29, 1.82) is 0 Å². The minimum atomic E-state index is -0.121. The normalized spacial score (nSPS) is 17.6. The monoisotopic (exact) mass is 439 g/mol. The summed E-state index contributed by atoms with van der Waals surface area (Å²) in [5.41, 5.74) is 2.52. The Morgan fingerprint density at radius 3 is 2.56 bits per heavy atom. The molecule has 0 spiro atoms. The van der Waals surface area contributed by atoms with E-state index in [2.05, 4.69) is 74.0 Å². The second-order valence-electron chi connectivity index (χ2n) is 10.3. The van der Waals surface area contributed by atoms with Gasteiger partial charge in [0.25, 0.3) is 5.91 Å². The van der Waals surface area contributed by atoms with Crippen molar-refractivity contribution in [2.45, 2.75) is 85.0 Å². The predicted octanol–water partition coefficient (Wildman–Crippen LogP) is 5.38. The SMILES string of the molecule is Cc1ccc(CN(Cc2ccc(C(=O)NCCCN3CCCC[C@@H]3C)o2)C(C)(C)C)cc1. The molecule has 5 heteroatoms. The molecule has 32 heavy (non-hydrogen) atoms. The quantitative estimate of drug-likeness (QED) is 0.533. The zero-order valence-electron chi connectivity index (χ0n) is 20.6. The average Bonchev–Trinajstić information content (AvgIpc) is 3.21. The predicted molar refractivity (Wildman–Crippen MR) is 131 cm³/mol. The van der Waals surface area contributed by atoms with Crippen molar-refractivity contribution in [1.82, 2.24) is 15.1 Å². The third kappa shape index (κ3) is 7.21. The molecule has 2 aromatic rings. The molecular formula is C27H41N3O2. The van der Waals surface area contributed by atoms with E-state index >= 15 is 0 Å². The van der Waals surface area contributed by atoms with Gasteiger partial charge in [0.15, 0.2) is 5.76 Å². The van der Waals surface area contributed by atoms with E-state index in [9.17, 15) is 4.79 Å². The Morgan fingerprint density at radius 2 is 1.88 bits per heavy atom. The molecule has 1 saturated heterocycles. The highest BCUT2D eigenvalue weighted by Crippen LogP contribution is 2.22. The Kier molecular flexibility index (Phi) is 8.55. The van der Waals surface area contributed by atoms with Crippen LogP contribution in [-0.4, -0.2) is 46.9 Å². The van der Waals surface area contributed by atoms with E-state index in [4.69, 9.17) is 4.42 Å². The Labute approximate surface area is 194 Å². The van der Waals surface area contributed by atoms with E-state index in [1.165, 1.54) is 36.9 Å². The molecule has 1 aliphatic heterocycles. The highest BCUT2D eigenvalue weighted by Gasteiger charge is 2.23. The molecule has 0 bridgehead atoms. The molecule has 1 atom stereocenters. The van der Waals surface area contributed by atoms with Crippen LogP contribution in [0.1, 0.15) is 80.8 Å². The number of nitrogens with zero attached hydrogens (tertiary/aromatic N) is 2. The van der Waals surface area contributed by atoms with Gasteiger partial charge in [0.2, 0.25) is 0 Å². The third-order valence-corrected chi connectivity index (χ3v) is 6.52. The molecule has 3 rings (SSSR count). The second kappa shape index (κ2) is 11.2. The summed E-state index contributed by atoms with van der Waals surface area (Å²) in [6.07, 6.45) is 4.89. The van der Waals surface area contributed by atoms with Gasteiger partial charge in [0.1, 0.15) is 5.76 Å². The molecule has 176 valence electrons. The van der Waals surface area contributed by atoms with E-state index in [0.29, 0.717) is 24.9 Å². The molecule has 0 unspecified atom stereocenters. The van der Waals surface area contributed by atoms with Crippen LogP contribution in [0.25, 0.3) is 0 Å². The number of nitrogens with one attached hydrogen (secondary N) is 1. The fourth-order valence-electron chi connectivity index (χ4n) is 4.28. The summed E-state index contributed by atoms with van der Waals surface area (Å²) < 4.78 is 5.93. The molecule has 1 fully saturated rings. The van der Waals surface area contributed by atoms with E-state index < -0.39 is 0 Å².